The molecule has 34 heavy (non-hydrogen) atoms. The Morgan fingerprint density at radius 1 is 0.441 bits per heavy atom. The monoisotopic (exact) mass is 504 g/mol. The second-order valence-electron chi connectivity index (χ2n) is 8.33. The predicted octanol–water partition coefficient (Wildman–Crippen LogP) is -7.57. The topological polar surface area (TPSA) is 269 Å². The SMILES string of the molecule is OCC1O[C@H](O[C@H]2C(CO)O[C@@H](O[C@H]3C(O)C(O)[C@H](O)O[C@H]3CO)C(O)[C@H]2O)C(O)[C@@H](O)[C@H]1O. The van der Waals surface area contributed by atoms with Crippen molar-refractivity contribution in [2.75, 3.05) is 19.8 Å². The van der Waals surface area contributed by atoms with Crippen molar-refractivity contribution in [3.8, 4) is 0 Å². The summed E-state index contributed by atoms with van der Waals surface area (Å²) in [4.78, 5) is 0. The van der Waals surface area contributed by atoms with Crippen LogP contribution in [0.15, 0.2) is 0 Å². The number of ether oxygens (including phenoxy) is 5. The zero-order valence-corrected chi connectivity index (χ0v) is 17.7. The van der Waals surface area contributed by atoms with E-state index in [2.05, 4.69) is 0 Å². The molecule has 0 aromatic rings. The van der Waals surface area contributed by atoms with Crippen molar-refractivity contribution in [1.29, 1.82) is 0 Å². The molecule has 3 aliphatic heterocycles. The van der Waals surface area contributed by atoms with Crippen molar-refractivity contribution < 1.29 is 79.9 Å². The minimum Gasteiger partial charge on any atom is -0.394 e. The van der Waals surface area contributed by atoms with Crippen LogP contribution in [-0.2, 0) is 23.7 Å². The molecule has 16 heteroatoms. The van der Waals surface area contributed by atoms with Crippen molar-refractivity contribution in [3.63, 3.8) is 0 Å². The lowest BCUT2D eigenvalue weighted by Gasteiger charge is -2.47. The van der Waals surface area contributed by atoms with Crippen LogP contribution in [0, 0.1) is 0 Å². The zero-order valence-electron chi connectivity index (χ0n) is 17.7. The van der Waals surface area contributed by atoms with Gasteiger partial charge in [0.2, 0.25) is 0 Å². The molecule has 0 aromatic heterocycles. The molecule has 3 aliphatic rings. The first kappa shape index (κ1) is 27.9. The van der Waals surface area contributed by atoms with Crippen LogP contribution < -0.4 is 0 Å². The van der Waals surface area contributed by atoms with Crippen LogP contribution in [0.1, 0.15) is 0 Å². The molecule has 0 aliphatic carbocycles. The molecule has 0 bridgehead atoms. The standard InChI is InChI=1S/C18H32O16/c19-1-4-7(22)8(23)12(27)17(31-4)34-15-6(3-21)32-18(13(28)10(15)25)33-14-5(2-20)30-16(29)11(26)9(14)24/h4-29H,1-3H2/t4?,5-,6?,7-,8-,9?,10+,11?,12?,13?,14+,15-,16+,17+,18-/m0/s1. The highest BCUT2D eigenvalue weighted by molar-refractivity contribution is 4.96. The van der Waals surface area contributed by atoms with Crippen molar-refractivity contribution in [3.05, 3.63) is 0 Å². The summed E-state index contributed by atoms with van der Waals surface area (Å²) in [5, 5.41) is 109. The molecule has 0 radical (unpaired) electrons. The fourth-order valence-corrected chi connectivity index (χ4v) is 4.06. The van der Waals surface area contributed by atoms with E-state index in [1.54, 1.807) is 0 Å². The third-order valence-electron chi connectivity index (χ3n) is 6.09. The average Bonchev–Trinajstić information content (AvgIpc) is 2.83. The van der Waals surface area contributed by atoms with Gasteiger partial charge in [-0.15, -0.1) is 0 Å². The second-order valence-corrected chi connectivity index (χ2v) is 8.33. The molecule has 200 valence electrons. The molecular formula is C18H32O16. The van der Waals surface area contributed by atoms with Gasteiger partial charge < -0.3 is 79.9 Å². The molecule has 11 N–H and O–H groups in total. The van der Waals surface area contributed by atoms with Crippen molar-refractivity contribution in [2.45, 2.75) is 92.1 Å². The fourth-order valence-electron chi connectivity index (χ4n) is 4.06. The third kappa shape index (κ3) is 5.37. The van der Waals surface area contributed by atoms with Crippen LogP contribution in [0.25, 0.3) is 0 Å². The summed E-state index contributed by atoms with van der Waals surface area (Å²) in [7, 11) is 0. The minimum atomic E-state index is -1.91. The van der Waals surface area contributed by atoms with Gasteiger partial charge >= 0.3 is 0 Å². The first-order valence-corrected chi connectivity index (χ1v) is 10.6. The zero-order chi connectivity index (χ0) is 25.3. The van der Waals surface area contributed by atoms with E-state index in [1.807, 2.05) is 0 Å². The third-order valence-corrected chi connectivity index (χ3v) is 6.09. The lowest BCUT2D eigenvalue weighted by molar-refractivity contribution is -0.377. The van der Waals surface area contributed by atoms with E-state index >= 15 is 0 Å². The normalized spacial score (nSPS) is 52.5. The van der Waals surface area contributed by atoms with Gasteiger partial charge in [-0.2, -0.15) is 0 Å². The largest absolute Gasteiger partial charge is 0.394 e. The summed E-state index contributed by atoms with van der Waals surface area (Å²) < 4.78 is 26.4. The summed E-state index contributed by atoms with van der Waals surface area (Å²) in [5.74, 6) is 0. The molecule has 3 fully saturated rings. The second kappa shape index (κ2) is 11.6. The Labute approximate surface area is 192 Å². The Morgan fingerprint density at radius 3 is 1.35 bits per heavy atom. The lowest BCUT2D eigenvalue weighted by atomic mass is 9.96. The van der Waals surface area contributed by atoms with Crippen molar-refractivity contribution in [1.82, 2.24) is 0 Å². The lowest BCUT2D eigenvalue weighted by Crippen LogP contribution is -2.66. The number of hydrogen-bond acceptors (Lipinski definition) is 16. The molecule has 0 aromatic carbocycles. The quantitative estimate of drug-likeness (QED) is 0.154. The maximum absolute atomic E-state index is 10.6. The smallest absolute Gasteiger partial charge is 0.187 e. The van der Waals surface area contributed by atoms with Crippen LogP contribution in [0.3, 0.4) is 0 Å². The van der Waals surface area contributed by atoms with Crippen LogP contribution >= 0.6 is 0 Å². The molecule has 6 unspecified atom stereocenters. The highest BCUT2D eigenvalue weighted by Crippen LogP contribution is 2.32. The van der Waals surface area contributed by atoms with Gasteiger partial charge in [-0.3, -0.25) is 0 Å². The molecule has 15 atom stereocenters. The summed E-state index contributed by atoms with van der Waals surface area (Å²) >= 11 is 0. The van der Waals surface area contributed by atoms with Gasteiger partial charge in [0.15, 0.2) is 18.9 Å². The fraction of sp³-hybridized carbons (Fsp3) is 1.00. The number of hydrogen-bond donors (Lipinski definition) is 11. The number of aliphatic hydroxyl groups is 11. The van der Waals surface area contributed by atoms with Crippen molar-refractivity contribution >= 4 is 0 Å². The minimum absolute atomic E-state index is 0.741. The van der Waals surface area contributed by atoms with Gasteiger partial charge in [0.25, 0.3) is 0 Å². The molecule has 0 saturated carbocycles. The van der Waals surface area contributed by atoms with Crippen molar-refractivity contribution in [2.24, 2.45) is 0 Å². The summed E-state index contributed by atoms with van der Waals surface area (Å²) in [5.41, 5.74) is 0. The maximum atomic E-state index is 10.6. The molecule has 0 amide bonds. The summed E-state index contributed by atoms with van der Waals surface area (Å²) in [6.07, 6.45) is -25.1. The predicted molar refractivity (Wildman–Crippen MR) is 101 cm³/mol. The number of rotatable bonds is 7. The van der Waals surface area contributed by atoms with Crippen LogP contribution in [-0.4, -0.2) is 168 Å². The highest BCUT2D eigenvalue weighted by atomic mass is 16.8. The van der Waals surface area contributed by atoms with Gasteiger partial charge in [0.1, 0.15) is 73.2 Å². The van der Waals surface area contributed by atoms with E-state index in [0.29, 0.717) is 0 Å². The van der Waals surface area contributed by atoms with Gasteiger partial charge in [-0.1, -0.05) is 0 Å². The van der Waals surface area contributed by atoms with E-state index < -0.39 is 112 Å². The Kier molecular flexibility index (Phi) is 9.54. The van der Waals surface area contributed by atoms with Gasteiger partial charge in [-0.05, 0) is 0 Å². The van der Waals surface area contributed by atoms with Crippen LogP contribution in [0.5, 0.6) is 0 Å². The highest BCUT2D eigenvalue weighted by Gasteiger charge is 2.53. The Hall–Kier alpha value is -0.640. The van der Waals surface area contributed by atoms with E-state index in [4.69, 9.17) is 23.7 Å². The molecular weight excluding hydrogens is 472 g/mol. The van der Waals surface area contributed by atoms with E-state index in [-0.39, 0.29) is 0 Å². The molecule has 16 nitrogen and oxygen atoms in total. The van der Waals surface area contributed by atoms with Gasteiger partial charge in [0, 0.05) is 0 Å². The van der Waals surface area contributed by atoms with E-state index in [9.17, 15) is 56.2 Å². The molecule has 3 saturated heterocycles. The Balaban J connectivity index is 1.72. The first-order valence-electron chi connectivity index (χ1n) is 10.6. The van der Waals surface area contributed by atoms with E-state index in [1.165, 1.54) is 0 Å². The van der Waals surface area contributed by atoms with Crippen LogP contribution in [0.2, 0.25) is 0 Å². The average molecular weight is 504 g/mol. The van der Waals surface area contributed by atoms with Gasteiger partial charge in [-0.25, -0.2) is 0 Å². The summed E-state index contributed by atoms with van der Waals surface area (Å²) in [6.45, 7) is -2.32. The first-order chi connectivity index (χ1) is 16.0. The van der Waals surface area contributed by atoms with E-state index in [0.717, 1.165) is 0 Å². The molecule has 3 heterocycles. The van der Waals surface area contributed by atoms with Gasteiger partial charge in [0.05, 0.1) is 19.8 Å². The molecule has 3 rings (SSSR count). The summed E-state index contributed by atoms with van der Waals surface area (Å²) in [6, 6.07) is 0. The Morgan fingerprint density at radius 2 is 0.853 bits per heavy atom. The van der Waals surface area contributed by atoms with Crippen LogP contribution in [0.4, 0.5) is 0 Å². The Bertz CT molecular complexity index is 635. The molecule has 0 spiro atoms. The maximum Gasteiger partial charge on any atom is 0.187 e. The number of aliphatic hydroxyl groups excluding tert-OH is 11.